The second kappa shape index (κ2) is 10.2. The van der Waals surface area contributed by atoms with Crippen LogP contribution in [0, 0.1) is 6.92 Å². The SMILES string of the molecule is CNCc1ccccc1-c1csc([C@@H](C)Nc2nc(C)nc3cc(=O)n(N4CCOCC4)cc23)c1. The first-order valence-corrected chi connectivity index (χ1v) is 12.7. The minimum atomic E-state index is -0.0976. The standard InChI is InChI=1S/C26H30N6O2S/c1-17(24-12-20(16-35-24)21-7-5-4-6-19(21)14-27-3)28-26-22-15-32(31-8-10-34-11-9-31)25(33)13-23(22)29-18(2)30-26/h4-7,12-13,15-17,27H,8-11,14H2,1-3H3,(H,28,29,30)/t17-/m1/s1. The van der Waals surface area contributed by atoms with Crippen LogP contribution in [0.2, 0.25) is 0 Å². The molecule has 0 saturated carbocycles. The van der Waals surface area contributed by atoms with E-state index in [2.05, 4.69) is 58.3 Å². The number of pyridine rings is 1. The molecule has 5 rings (SSSR count). The zero-order valence-electron chi connectivity index (χ0n) is 20.2. The van der Waals surface area contributed by atoms with Crippen LogP contribution in [0.3, 0.4) is 0 Å². The van der Waals surface area contributed by atoms with Gasteiger partial charge in [-0.15, -0.1) is 11.3 Å². The summed E-state index contributed by atoms with van der Waals surface area (Å²) < 4.78 is 7.12. The number of hydrogen-bond donors (Lipinski definition) is 2. The zero-order valence-corrected chi connectivity index (χ0v) is 21.1. The molecule has 1 aliphatic rings. The van der Waals surface area contributed by atoms with Crippen molar-refractivity contribution in [3.05, 3.63) is 74.6 Å². The largest absolute Gasteiger partial charge is 0.378 e. The number of hydrogen-bond acceptors (Lipinski definition) is 8. The van der Waals surface area contributed by atoms with E-state index in [9.17, 15) is 4.79 Å². The van der Waals surface area contributed by atoms with Gasteiger partial charge >= 0.3 is 0 Å². The van der Waals surface area contributed by atoms with E-state index in [-0.39, 0.29) is 11.6 Å². The Morgan fingerprint density at radius 3 is 2.77 bits per heavy atom. The number of thiophene rings is 1. The van der Waals surface area contributed by atoms with Gasteiger partial charge in [0, 0.05) is 23.7 Å². The van der Waals surface area contributed by atoms with Crippen LogP contribution in [0.15, 0.2) is 52.8 Å². The van der Waals surface area contributed by atoms with Crippen LogP contribution in [0.5, 0.6) is 0 Å². The molecular weight excluding hydrogens is 460 g/mol. The maximum atomic E-state index is 12.8. The van der Waals surface area contributed by atoms with Crippen LogP contribution in [0.25, 0.3) is 22.0 Å². The van der Waals surface area contributed by atoms with E-state index in [1.165, 1.54) is 21.6 Å². The molecule has 0 bridgehead atoms. The number of morpholine rings is 1. The molecule has 0 spiro atoms. The van der Waals surface area contributed by atoms with Gasteiger partial charge in [-0.2, -0.15) is 0 Å². The third-order valence-corrected chi connectivity index (χ3v) is 7.33. The number of benzene rings is 1. The summed E-state index contributed by atoms with van der Waals surface area (Å²) in [4.78, 5) is 23.2. The Bertz CT molecular complexity index is 1390. The maximum absolute atomic E-state index is 12.8. The average molecular weight is 491 g/mol. The number of aryl methyl sites for hydroxylation is 1. The molecule has 8 nitrogen and oxygen atoms in total. The second-order valence-electron chi connectivity index (χ2n) is 8.73. The number of anilines is 1. The molecule has 3 aromatic heterocycles. The van der Waals surface area contributed by atoms with E-state index in [1.807, 2.05) is 25.2 Å². The minimum Gasteiger partial charge on any atom is -0.378 e. The van der Waals surface area contributed by atoms with Gasteiger partial charge in [0.25, 0.3) is 5.56 Å². The van der Waals surface area contributed by atoms with Gasteiger partial charge in [0.15, 0.2) is 0 Å². The van der Waals surface area contributed by atoms with Gasteiger partial charge in [0.2, 0.25) is 0 Å². The van der Waals surface area contributed by atoms with Crippen molar-refractivity contribution >= 4 is 28.1 Å². The number of nitrogens with one attached hydrogen (secondary N) is 2. The average Bonchev–Trinajstić information content (AvgIpc) is 3.35. The Morgan fingerprint density at radius 1 is 1.17 bits per heavy atom. The molecule has 0 aliphatic carbocycles. The summed E-state index contributed by atoms with van der Waals surface area (Å²) in [5, 5.41) is 11.9. The molecule has 0 radical (unpaired) electrons. The summed E-state index contributed by atoms with van der Waals surface area (Å²) in [5.74, 6) is 1.36. The smallest absolute Gasteiger partial charge is 0.271 e. The molecule has 0 unspecified atom stereocenters. The molecule has 1 saturated heterocycles. The Labute approximate surface area is 208 Å². The molecule has 1 fully saturated rings. The fraction of sp³-hybridized carbons (Fsp3) is 0.346. The minimum absolute atomic E-state index is 0.0338. The van der Waals surface area contributed by atoms with Crippen molar-refractivity contribution in [3.63, 3.8) is 0 Å². The number of nitrogens with zero attached hydrogens (tertiary/aromatic N) is 4. The molecule has 9 heteroatoms. The lowest BCUT2D eigenvalue weighted by Gasteiger charge is -2.30. The van der Waals surface area contributed by atoms with Gasteiger partial charge in [-0.3, -0.25) is 4.79 Å². The van der Waals surface area contributed by atoms with E-state index in [1.54, 1.807) is 22.1 Å². The van der Waals surface area contributed by atoms with Gasteiger partial charge in [-0.1, -0.05) is 24.3 Å². The van der Waals surface area contributed by atoms with Crippen molar-refractivity contribution in [2.45, 2.75) is 26.4 Å². The highest BCUT2D eigenvalue weighted by atomic mass is 32.1. The predicted molar refractivity (Wildman–Crippen MR) is 142 cm³/mol. The molecule has 4 aromatic rings. The molecule has 35 heavy (non-hydrogen) atoms. The molecular formula is C26H30N6O2S. The fourth-order valence-corrected chi connectivity index (χ4v) is 5.37. The summed E-state index contributed by atoms with van der Waals surface area (Å²) in [5.41, 5.74) is 4.29. The lowest BCUT2D eigenvalue weighted by molar-refractivity contribution is 0.111. The second-order valence-corrected chi connectivity index (χ2v) is 9.67. The molecule has 0 amide bonds. The van der Waals surface area contributed by atoms with Gasteiger partial charge in [0.05, 0.1) is 43.2 Å². The summed E-state index contributed by atoms with van der Waals surface area (Å²) in [7, 11) is 1.97. The lowest BCUT2D eigenvalue weighted by atomic mass is 10.0. The Morgan fingerprint density at radius 2 is 1.97 bits per heavy atom. The Hall–Kier alpha value is -3.27. The van der Waals surface area contributed by atoms with Crippen LogP contribution in [-0.2, 0) is 11.3 Å². The summed E-state index contributed by atoms with van der Waals surface area (Å²) >= 11 is 1.73. The number of ether oxygens (including phenoxy) is 1. The topological polar surface area (TPSA) is 84.3 Å². The molecule has 2 N–H and O–H groups in total. The number of fused-ring (bicyclic) bond motifs is 1. The quantitative estimate of drug-likeness (QED) is 0.409. The Kier molecular flexibility index (Phi) is 6.81. The molecule has 1 atom stereocenters. The highest BCUT2D eigenvalue weighted by molar-refractivity contribution is 7.10. The number of aromatic nitrogens is 3. The van der Waals surface area contributed by atoms with Gasteiger partial charge in [0.1, 0.15) is 11.6 Å². The van der Waals surface area contributed by atoms with Crippen LogP contribution >= 0.6 is 11.3 Å². The Balaban J connectivity index is 1.46. The monoisotopic (exact) mass is 490 g/mol. The van der Waals surface area contributed by atoms with E-state index < -0.39 is 0 Å². The maximum Gasteiger partial charge on any atom is 0.271 e. The lowest BCUT2D eigenvalue weighted by Crippen LogP contribution is -2.48. The van der Waals surface area contributed by atoms with Gasteiger partial charge in [-0.05, 0) is 49.0 Å². The third kappa shape index (κ3) is 4.93. The molecule has 182 valence electrons. The van der Waals surface area contributed by atoms with Crippen molar-refractivity contribution < 1.29 is 4.74 Å². The van der Waals surface area contributed by atoms with Crippen molar-refractivity contribution in [3.8, 4) is 11.1 Å². The van der Waals surface area contributed by atoms with E-state index in [4.69, 9.17) is 9.72 Å². The van der Waals surface area contributed by atoms with E-state index in [0.29, 0.717) is 37.6 Å². The van der Waals surface area contributed by atoms with E-state index >= 15 is 0 Å². The molecule has 1 aromatic carbocycles. The zero-order chi connectivity index (χ0) is 24.4. The summed E-state index contributed by atoms with van der Waals surface area (Å²) in [6, 6.07) is 12.4. The van der Waals surface area contributed by atoms with Gasteiger partial charge in [-0.25, -0.2) is 14.6 Å². The first kappa shape index (κ1) is 23.5. The van der Waals surface area contributed by atoms with Crippen molar-refractivity contribution in [2.75, 3.05) is 43.7 Å². The highest BCUT2D eigenvalue weighted by Gasteiger charge is 2.18. The van der Waals surface area contributed by atoms with Crippen molar-refractivity contribution in [1.82, 2.24) is 20.0 Å². The van der Waals surface area contributed by atoms with Crippen LogP contribution in [-0.4, -0.2) is 48.0 Å². The van der Waals surface area contributed by atoms with Crippen LogP contribution < -0.4 is 21.2 Å². The first-order chi connectivity index (χ1) is 17.0. The predicted octanol–water partition coefficient (Wildman–Crippen LogP) is 3.69. The summed E-state index contributed by atoms with van der Waals surface area (Å²) in [6.45, 7) is 7.37. The van der Waals surface area contributed by atoms with Crippen molar-refractivity contribution in [2.24, 2.45) is 0 Å². The van der Waals surface area contributed by atoms with Crippen LogP contribution in [0.4, 0.5) is 5.82 Å². The van der Waals surface area contributed by atoms with E-state index in [0.717, 1.165) is 17.7 Å². The summed E-state index contributed by atoms with van der Waals surface area (Å²) in [6.07, 6.45) is 1.85. The first-order valence-electron chi connectivity index (χ1n) is 11.9. The fourth-order valence-electron chi connectivity index (χ4n) is 4.45. The highest BCUT2D eigenvalue weighted by Crippen LogP contribution is 2.33. The molecule has 4 heterocycles. The normalized spacial score (nSPS) is 14.9. The van der Waals surface area contributed by atoms with Crippen molar-refractivity contribution in [1.29, 1.82) is 0 Å². The van der Waals surface area contributed by atoms with Crippen LogP contribution in [0.1, 0.15) is 29.2 Å². The number of rotatable bonds is 7. The van der Waals surface area contributed by atoms with Gasteiger partial charge < -0.3 is 20.4 Å². The molecule has 1 aliphatic heterocycles. The third-order valence-electron chi connectivity index (χ3n) is 6.21.